The van der Waals surface area contributed by atoms with Crippen LogP contribution in [0.15, 0.2) is 30.3 Å². The Labute approximate surface area is 108 Å². The van der Waals surface area contributed by atoms with Crippen molar-refractivity contribution in [3.8, 4) is 0 Å². The molecule has 1 saturated heterocycles. The molecule has 0 radical (unpaired) electrons. The van der Waals surface area contributed by atoms with Crippen molar-refractivity contribution in [1.82, 2.24) is 0 Å². The monoisotopic (exact) mass is 296 g/mol. The molecule has 1 aromatic rings. The fourth-order valence-corrected chi connectivity index (χ4v) is 6.00. The Morgan fingerprint density at radius 3 is 2.82 bits per heavy atom. The average Bonchev–Trinajstić information content (AvgIpc) is 2.69. The first-order valence-electron chi connectivity index (χ1n) is 6.09. The first-order valence-corrected chi connectivity index (χ1v) is 7.94. The van der Waals surface area contributed by atoms with E-state index in [1.54, 1.807) is 0 Å². The van der Waals surface area contributed by atoms with Crippen molar-refractivity contribution < 1.29 is 9.53 Å². The number of ether oxygens (including phenoxy) is 1. The third-order valence-corrected chi connectivity index (χ3v) is 6.44. The van der Waals surface area contributed by atoms with Crippen LogP contribution in [0.5, 0.6) is 0 Å². The maximum atomic E-state index is 11.3. The van der Waals surface area contributed by atoms with E-state index in [1.165, 1.54) is 4.46 Å². The molecule has 2 fully saturated rings. The number of hydrogen-bond acceptors (Lipinski definition) is 2. The van der Waals surface area contributed by atoms with E-state index < -0.39 is 0 Å². The van der Waals surface area contributed by atoms with Gasteiger partial charge in [0, 0.05) is 0 Å². The molecule has 0 bridgehead atoms. The molecule has 1 heterocycles. The molecule has 0 unspecified atom stereocenters. The number of carbonyl (C=O) groups excluding carboxylic acids is 1. The van der Waals surface area contributed by atoms with Crippen LogP contribution in [0.3, 0.4) is 0 Å². The van der Waals surface area contributed by atoms with Crippen LogP contribution in [0, 0.1) is 5.92 Å². The fourth-order valence-electron chi connectivity index (χ4n) is 2.98. The minimum atomic E-state index is -0.154. The van der Waals surface area contributed by atoms with Crippen LogP contribution in [-0.4, -0.2) is 26.5 Å². The second kappa shape index (κ2) is 4.15. The molecule has 0 spiro atoms. The number of benzene rings is 1. The first kappa shape index (κ1) is 11.3. The summed E-state index contributed by atoms with van der Waals surface area (Å²) in [6.45, 7) is 2.11. The van der Waals surface area contributed by atoms with E-state index >= 15 is 0 Å². The molecule has 1 aromatic carbocycles. The topological polar surface area (TPSA) is 26.3 Å². The Kier molecular flexibility index (Phi) is 2.76. The van der Waals surface area contributed by atoms with Crippen molar-refractivity contribution in [3.05, 3.63) is 30.3 Å². The molecule has 2 aliphatic rings. The van der Waals surface area contributed by atoms with Crippen molar-refractivity contribution in [3.63, 3.8) is 0 Å². The Morgan fingerprint density at radius 2 is 2.12 bits per heavy atom. The van der Waals surface area contributed by atoms with Crippen LogP contribution in [0.2, 0.25) is 4.82 Å². The molecule has 0 N–H and O–H groups in total. The van der Waals surface area contributed by atoms with E-state index in [2.05, 4.69) is 37.3 Å². The van der Waals surface area contributed by atoms with Crippen LogP contribution < -0.4 is 4.46 Å². The van der Waals surface area contributed by atoms with Crippen LogP contribution in [-0.2, 0) is 9.53 Å². The van der Waals surface area contributed by atoms with Crippen molar-refractivity contribution in [2.24, 2.45) is 5.92 Å². The predicted molar refractivity (Wildman–Crippen MR) is 67.4 cm³/mol. The van der Waals surface area contributed by atoms with Crippen molar-refractivity contribution in [2.75, 3.05) is 0 Å². The SMILES string of the molecule is C[C@]12C[C@H]([Se]c3ccccc3)C[C@H]1CC(=O)O2. The molecule has 3 heteroatoms. The number of hydrogen-bond donors (Lipinski definition) is 0. The Morgan fingerprint density at radius 1 is 1.35 bits per heavy atom. The van der Waals surface area contributed by atoms with Gasteiger partial charge < -0.3 is 0 Å². The summed E-state index contributed by atoms with van der Waals surface area (Å²) >= 11 is 0.515. The number of fused-ring (bicyclic) bond motifs is 1. The Hall–Kier alpha value is -0.791. The quantitative estimate of drug-likeness (QED) is 0.615. The van der Waals surface area contributed by atoms with Crippen LogP contribution >= 0.6 is 0 Å². The number of rotatable bonds is 2. The first-order chi connectivity index (χ1) is 8.16. The van der Waals surface area contributed by atoms with Gasteiger partial charge in [-0.15, -0.1) is 0 Å². The van der Waals surface area contributed by atoms with Crippen molar-refractivity contribution in [1.29, 1.82) is 0 Å². The molecular formula is C14H16O2Se. The van der Waals surface area contributed by atoms with Gasteiger partial charge in [-0.05, 0) is 0 Å². The van der Waals surface area contributed by atoms with Gasteiger partial charge in [0.1, 0.15) is 0 Å². The third kappa shape index (κ3) is 2.14. The van der Waals surface area contributed by atoms with Gasteiger partial charge in [-0.25, -0.2) is 0 Å². The molecule has 1 aliphatic heterocycles. The molecule has 3 atom stereocenters. The summed E-state index contributed by atoms with van der Waals surface area (Å²) in [5, 5.41) is 0. The average molecular weight is 295 g/mol. The van der Waals surface area contributed by atoms with Gasteiger partial charge in [0.2, 0.25) is 0 Å². The van der Waals surface area contributed by atoms with Crippen LogP contribution in [0.25, 0.3) is 0 Å². The standard InChI is InChI=1S/C14H16O2Se/c1-14-9-12(7-10(14)8-13(15)16-14)17-11-5-3-2-4-6-11/h2-6,10,12H,7-9H2,1H3/t10-,12+,14-/m0/s1. The number of esters is 1. The second-order valence-electron chi connectivity index (χ2n) is 5.18. The zero-order valence-corrected chi connectivity index (χ0v) is 11.6. The molecule has 1 aliphatic carbocycles. The van der Waals surface area contributed by atoms with E-state index in [0.29, 0.717) is 27.3 Å². The van der Waals surface area contributed by atoms with Gasteiger partial charge in [-0.2, -0.15) is 0 Å². The summed E-state index contributed by atoms with van der Waals surface area (Å²) in [6.07, 6.45) is 2.85. The van der Waals surface area contributed by atoms with Gasteiger partial charge in [-0.3, -0.25) is 0 Å². The Bertz CT molecular complexity index is 431. The summed E-state index contributed by atoms with van der Waals surface area (Å²) in [6, 6.07) is 10.7. The predicted octanol–water partition coefficient (Wildman–Crippen LogP) is 1.92. The molecule has 3 rings (SSSR count). The molecule has 17 heavy (non-hydrogen) atoms. The van der Waals surface area contributed by atoms with E-state index in [0.717, 1.165) is 17.7 Å². The minimum absolute atomic E-state index is 0.00293. The van der Waals surface area contributed by atoms with Crippen LogP contribution in [0.4, 0.5) is 0 Å². The zero-order valence-electron chi connectivity index (χ0n) is 9.89. The van der Waals surface area contributed by atoms with E-state index in [9.17, 15) is 4.79 Å². The third-order valence-electron chi connectivity index (χ3n) is 3.85. The maximum absolute atomic E-state index is 11.3. The Balaban J connectivity index is 1.68. The van der Waals surface area contributed by atoms with Gasteiger partial charge in [0.05, 0.1) is 0 Å². The van der Waals surface area contributed by atoms with Gasteiger partial charge >= 0.3 is 108 Å². The molecule has 0 amide bonds. The van der Waals surface area contributed by atoms with Crippen LogP contribution in [0.1, 0.15) is 26.2 Å². The summed E-state index contributed by atoms with van der Waals surface area (Å²) in [5.41, 5.74) is -0.154. The van der Waals surface area contributed by atoms with E-state index in [4.69, 9.17) is 4.74 Å². The zero-order chi connectivity index (χ0) is 11.9. The molecule has 1 saturated carbocycles. The molecule has 0 aromatic heterocycles. The summed E-state index contributed by atoms with van der Waals surface area (Å²) < 4.78 is 6.97. The summed E-state index contributed by atoms with van der Waals surface area (Å²) in [5.74, 6) is 0.466. The second-order valence-corrected chi connectivity index (χ2v) is 8.06. The van der Waals surface area contributed by atoms with Gasteiger partial charge in [0.15, 0.2) is 0 Å². The van der Waals surface area contributed by atoms with E-state index in [1.807, 2.05) is 0 Å². The van der Waals surface area contributed by atoms with Gasteiger partial charge in [0.25, 0.3) is 0 Å². The molecular weight excluding hydrogens is 279 g/mol. The molecule has 90 valence electrons. The van der Waals surface area contributed by atoms with Gasteiger partial charge in [-0.1, -0.05) is 0 Å². The fraction of sp³-hybridized carbons (Fsp3) is 0.500. The summed E-state index contributed by atoms with van der Waals surface area (Å²) in [7, 11) is 0. The molecule has 2 nitrogen and oxygen atoms in total. The normalized spacial score (nSPS) is 35.7. The van der Waals surface area contributed by atoms with E-state index in [-0.39, 0.29) is 11.6 Å². The van der Waals surface area contributed by atoms with Crippen molar-refractivity contribution in [2.45, 2.75) is 36.6 Å². The number of carbonyl (C=O) groups is 1. The van der Waals surface area contributed by atoms with Crippen molar-refractivity contribution >= 4 is 25.4 Å². The summed E-state index contributed by atoms with van der Waals surface area (Å²) in [4.78, 5) is 12.0.